The first kappa shape index (κ1) is 23.2. The number of rotatable bonds is 5. The number of fused-ring (bicyclic) bond motifs is 1. The van der Waals surface area contributed by atoms with Gasteiger partial charge in [0, 0.05) is 26.4 Å². The molecule has 0 aliphatic rings. The largest absolute Gasteiger partial charge is 0.456 e. The summed E-state index contributed by atoms with van der Waals surface area (Å²) in [6.45, 7) is 5.68. The highest BCUT2D eigenvalue weighted by Crippen LogP contribution is 2.47. The first-order chi connectivity index (χ1) is 16.3. The fourth-order valence-electron chi connectivity index (χ4n) is 3.81. The summed E-state index contributed by atoms with van der Waals surface area (Å²) in [4.78, 5) is 16.0. The van der Waals surface area contributed by atoms with Crippen molar-refractivity contribution >= 4 is 63.1 Å². The number of hydrogen-bond acceptors (Lipinski definition) is 5. The van der Waals surface area contributed by atoms with E-state index in [0.29, 0.717) is 9.90 Å². The number of benzene rings is 2. The number of carbonyl (C=O) groups is 1. The lowest BCUT2D eigenvalue weighted by Gasteiger charge is -2.19. The van der Waals surface area contributed by atoms with Crippen LogP contribution in [-0.2, 0) is 4.74 Å². The minimum atomic E-state index is -0.562. The molecule has 0 radical (unpaired) electrons. The molecule has 0 N–H and O–H groups in total. The van der Waals surface area contributed by atoms with Gasteiger partial charge in [0.25, 0.3) is 0 Å². The van der Waals surface area contributed by atoms with Gasteiger partial charge in [-0.1, -0.05) is 35.9 Å². The molecule has 34 heavy (non-hydrogen) atoms. The topological polar surface area (TPSA) is 31.2 Å². The van der Waals surface area contributed by atoms with Crippen LogP contribution in [0.3, 0.4) is 0 Å². The summed E-state index contributed by atoms with van der Waals surface area (Å²) in [6, 6.07) is 22.4. The Morgan fingerprint density at radius 3 is 2.41 bits per heavy atom. The minimum Gasteiger partial charge on any atom is -0.456 e. The molecule has 2 aromatic carbocycles. The fraction of sp³-hybridized carbons (Fsp3) is 0.148. The van der Waals surface area contributed by atoms with Gasteiger partial charge in [0.1, 0.15) is 10.5 Å². The minimum absolute atomic E-state index is 0.295. The van der Waals surface area contributed by atoms with Gasteiger partial charge >= 0.3 is 5.97 Å². The summed E-state index contributed by atoms with van der Waals surface area (Å²) < 4.78 is 8.01. The Morgan fingerprint density at radius 2 is 1.71 bits per heavy atom. The highest BCUT2D eigenvalue weighted by Gasteiger charge is 2.28. The molecule has 3 aromatic heterocycles. The SMILES string of the molecule is CC(C)(C)OC(=O)c1sccc1-c1c(-c2cccs2)n(Sc2ccc(Cl)cc2)c2ccccc12. The normalized spacial score (nSPS) is 11.8. The maximum absolute atomic E-state index is 13.1. The summed E-state index contributed by atoms with van der Waals surface area (Å²) >= 11 is 10.9. The fourth-order valence-corrected chi connectivity index (χ4v) is 6.54. The Morgan fingerprint density at radius 1 is 0.941 bits per heavy atom. The van der Waals surface area contributed by atoms with Gasteiger partial charge < -0.3 is 4.74 Å². The average Bonchev–Trinajstić information content (AvgIpc) is 3.53. The third kappa shape index (κ3) is 4.56. The number of halogens is 1. The van der Waals surface area contributed by atoms with Gasteiger partial charge in [-0.15, -0.1) is 22.7 Å². The molecular weight excluding hydrogens is 502 g/mol. The molecule has 0 atom stereocenters. The molecule has 172 valence electrons. The number of esters is 1. The van der Waals surface area contributed by atoms with Crippen LogP contribution in [0.15, 0.2) is 82.4 Å². The monoisotopic (exact) mass is 523 g/mol. The first-order valence-corrected chi connectivity index (χ1v) is 13.7. The summed E-state index contributed by atoms with van der Waals surface area (Å²) in [5.74, 6) is -0.295. The van der Waals surface area contributed by atoms with E-state index in [2.05, 4.69) is 33.6 Å². The van der Waals surface area contributed by atoms with Crippen LogP contribution in [0.25, 0.3) is 32.6 Å². The van der Waals surface area contributed by atoms with Crippen LogP contribution < -0.4 is 0 Å². The molecule has 5 aromatic rings. The molecule has 0 saturated heterocycles. The second-order valence-corrected chi connectivity index (χ2v) is 12.0. The van der Waals surface area contributed by atoms with Gasteiger partial charge in [-0.25, -0.2) is 4.79 Å². The molecular formula is C27H22ClNO2S3. The Bertz CT molecular complexity index is 1460. The lowest BCUT2D eigenvalue weighted by atomic mass is 10.0. The third-order valence-electron chi connectivity index (χ3n) is 5.12. The van der Waals surface area contributed by atoms with E-state index in [1.807, 2.05) is 68.6 Å². The molecule has 0 unspecified atom stereocenters. The number of hydrogen-bond donors (Lipinski definition) is 0. The highest BCUT2D eigenvalue weighted by atomic mass is 35.5. The number of thiophene rings is 2. The molecule has 0 aliphatic carbocycles. The average molecular weight is 524 g/mol. The maximum atomic E-state index is 13.1. The second kappa shape index (κ2) is 9.27. The van der Waals surface area contributed by atoms with Crippen LogP contribution in [0.4, 0.5) is 0 Å². The zero-order valence-electron chi connectivity index (χ0n) is 18.9. The third-order valence-corrected chi connectivity index (χ3v) is 8.18. The molecule has 0 fully saturated rings. The van der Waals surface area contributed by atoms with Crippen molar-refractivity contribution in [2.24, 2.45) is 0 Å². The van der Waals surface area contributed by atoms with Crippen molar-refractivity contribution < 1.29 is 9.53 Å². The predicted molar refractivity (Wildman–Crippen MR) is 146 cm³/mol. The van der Waals surface area contributed by atoms with Crippen molar-refractivity contribution in [3.63, 3.8) is 0 Å². The molecule has 7 heteroatoms. The van der Waals surface area contributed by atoms with Crippen molar-refractivity contribution in [3.05, 3.63) is 87.4 Å². The van der Waals surface area contributed by atoms with Crippen molar-refractivity contribution in [1.82, 2.24) is 3.97 Å². The Balaban J connectivity index is 1.76. The molecule has 3 heterocycles. The van der Waals surface area contributed by atoms with Crippen LogP contribution in [0.5, 0.6) is 0 Å². The van der Waals surface area contributed by atoms with E-state index in [1.165, 1.54) is 11.3 Å². The standard InChI is InChI=1S/C27H22ClNO2S3/c1-27(2,3)31-26(30)25-20(14-16-33-25)23-19-7-4-5-8-21(19)29(24(23)22-9-6-15-32-22)34-18-12-10-17(28)11-13-18/h4-16H,1-3H3. The molecule has 5 rings (SSSR count). The molecule has 3 nitrogen and oxygen atoms in total. The van der Waals surface area contributed by atoms with Crippen molar-refractivity contribution in [2.45, 2.75) is 31.3 Å². The highest BCUT2D eigenvalue weighted by molar-refractivity contribution is 7.98. The molecule has 0 saturated carbocycles. The summed E-state index contributed by atoms with van der Waals surface area (Å²) in [5.41, 5.74) is 3.53. The first-order valence-electron chi connectivity index (χ1n) is 10.7. The predicted octanol–water partition coefficient (Wildman–Crippen LogP) is 9.26. The van der Waals surface area contributed by atoms with E-state index in [-0.39, 0.29) is 5.97 Å². The van der Waals surface area contributed by atoms with Crippen LogP contribution in [0.2, 0.25) is 5.02 Å². The van der Waals surface area contributed by atoms with Gasteiger partial charge in [0.05, 0.1) is 16.1 Å². The summed E-state index contributed by atoms with van der Waals surface area (Å²) in [6.07, 6.45) is 0. The lowest BCUT2D eigenvalue weighted by Crippen LogP contribution is -2.23. The van der Waals surface area contributed by atoms with E-state index in [9.17, 15) is 4.79 Å². The zero-order chi connectivity index (χ0) is 23.9. The van der Waals surface area contributed by atoms with Gasteiger partial charge in [-0.3, -0.25) is 3.97 Å². The zero-order valence-corrected chi connectivity index (χ0v) is 22.1. The number of aromatic nitrogens is 1. The van der Waals surface area contributed by atoms with Crippen molar-refractivity contribution in [3.8, 4) is 21.7 Å². The lowest BCUT2D eigenvalue weighted by molar-refractivity contribution is 0.00761. The number of para-hydroxylation sites is 1. The maximum Gasteiger partial charge on any atom is 0.349 e. The van der Waals surface area contributed by atoms with E-state index >= 15 is 0 Å². The smallest absolute Gasteiger partial charge is 0.349 e. The van der Waals surface area contributed by atoms with Crippen LogP contribution in [0, 0.1) is 0 Å². The van der Waals surface area contributed by atoms with Gasteiger partial charge in [-0.2, -0.15) is 0 Å². The summed E-state index contributed by atoms with van der Waals surface area (Å²) in [7, 11) is 0. The second-order valence-electron chi connectivity index (χ2n) is 8.72. The van der Waals surface area contributed by atoms with Crippen LogP contribution in [-0.4, -0.2) is 15.5 Å². The van der Waals surface area contributed by atoms with E-state index in [0.717, 1.165) is 37.5 Å². The van der Waals surface area contributed by atoms with Gasteiger partial charge in [0.2, 0.25) is 0 Å². The molecule has 0 spiro atoms. The molecule has 0 aliphatic heterocycles. The van der Waals surface area contributed by atoms with Gasteiger partial charge in [-0.05, 0) is 85.9 Å². The number of carbonyl (C=O) groups excluding carboxylic acids is 1. The summed E-state index contributed by atoms with van der Waals surface area (Å²) in [5, 5.41) is 5.85. The van der Waals surface area contributed by atoms with Crippen LogP contribution >= 0.6 is 46.2 Å². The van der Waals surface area contributed by atoms with E-state index in [4.69, 9.17) is 16.3 Å². The number of nitrogens with zero attached hydrogens (tertiary/aromatic N) is 1. The van der Waals surface area contributed by atoms with Crippen molar-refractivity contribution in [1.29, 1.82) is 0 Å². The molecule has 0 amide bonds. The number of ether oxygens (including phenoxy) is 1. The van der Waals surface area contributed by atoms with E-state index < -0.39 is 5.60 Å². The Labute approximate surface area is 216 Å². The molecule has 0 bridgehead atoms. The Hall–Kier alpha value is -2.51. The van der Waals surface area contributed by atoms with E-state index in [1.54, 1.807) is 23.3 Å². The quantitative estimate of drug-likeness (QED) is 0.215. The van der Waals surface area contributed by atoms with Crippen LogP contribution in [0.1, 0.15) is 30.4 Å². The van der Waals surface area contributed by atoms with Gasteiger partial charge in [0.15, 0.2) is 0 Å². The Kier molecular flexibility index (Phi) is 6.34. The van der Waals surface area contributed by atoms with Crippen molar-refractivity contribution in [2.75, 3.05) is 0 Å².